The Morgan fingerprint density at radius 3 is 2.38 bits per heavy atom. The maximum absolute atomic E-state index is 12.8. The number of carbonyl (C=O) groups is 2. The Hall–Kier alpha value is -2.62. The smallest absolute Gasteiger partial charge is 0.246 e. The van der Waals surface area contributed by atoms with Crippen molar-refractivity contribution in [2.45, 2.75) is 30.8 Å². The number of hydrogen-bond acceptors (Lipinski definition) is 2. The summed E-state index contributed by atoms with van der Waals surface area (Å²) in [6.07, 6.45) is 1.02. The fourth-order valence-corrected chi connectivity index (χ4v) is 4.14. The van der Waals surface area contributed by atoms with Gasteiger partial charge in [-0.05, 0) is 17.5 Å². The molecule has 1 N–H and O–H groups in total. The second-order valence-corrected chi connectivity index (χ2v) is 6.56. The summed E-state index contributed by atoms with van der Waals surface area (Å²) < 4.78 is 0. The molecule has 2 heterocycles. The van der Waals surface area contributed by atoms with Crippen molar-refractivity contribution in [3.8, 4) is 0 Å². The number of amides is 2. The van der Waals surface area contributed by atoms with E-state index < -0.39 is 5.54 Å². The van der Waals surface area contributed by atoms with E-state index in [0.717, 1.165) is 11.1 Å². The van der Waals surface area contributed by atoms with Crippen LogP contribution in [0.5, 0.6) is 0 Å². The molecule has 0 bridgehead atoms. The predicted octanol–water partition coefficient (Wildman–Crippen LogP) is 2.46. The van der Waals surface area contributed by atoms with Crippen LogP contribution in [0.4, 0.5) is 0 Å². The number of likely N-dealkylation sites (tertiary alicyclic amines) is 1. The SMILES string of the molecule is O=C1CC[C@]2(C(=O)NC[C@@H]2c2ccccc2)N1Cc1ccccc1. The average Bonchev–Trinajstić information content (AvgIpc) is 3.12. The Morgan fingerprint density at radius 1 is 1.00 bits per heavy atom. The molecule has 4 rings (SSSR count). The first-order valence-corrected chi connectivity index (χ1v) is 8.39. The van der Waals surface area contributed by atoms with E-state index in [1.807, 2.05) is 53.4 Å². The lowest BCUT2D eigenvalue weighted by Gasteiger charge is -2.37. The van der Waals surface area contributed by atoms with E-state index in [4.69, 9.17) is 0 Å². The first-order chi connectivity index (χ1) is 11.7. The molecule has 1 spiro atoms. The minimum atomic E-state index is -0.756. The van der Waals surface area contributed by atoms with E-state index in [1.54, 1.807) is 0 Å². The lowest BCUT2D eigenvalue weighted by atomic mass is 9.79. The molecule has 122 valence electrons. The van der Waals surface area contributed by atoms with Crippen LogP contribution in [-0.2, 0) is 16.1 Å². The predicted molar refractivity (Wildman–Crippen MR) is 91.1 cm³/mol. The molecule has 2 fully saturated rings. The van der Waals surface area contributed by atoms with Crippen molar-refractivity contribution in [2.24, 2.45) is 0 Å². The van der Waals surface area contributed by atoms with Gasteiger partial charge in [-0.3, -0.25) is 9.59 Å². The molecule has 4 heteroatoms. The average molecular weight is 320 g/mol. The highest BCUT2D eigenvalue weighted by Crippen LogP contribution is 2.45. The number of rotatable bonds is 3. The van der Waals surface area contributed by atoms with Crippen LogP contribution < -0.4 is 5.32 Å². The molecular weight excluding hydrogens is 300 g/mol. The van der Waals surface area contributed by atoms with E-state index in [0.29, 0.717) is 25.9 Å². The van der Waals surface area contributed by atoms with Crippen LogP contribution in [0.15, 0.2) is 60.7 Å². The highest BCUT2D eigenvalue weighted by molar-refractivity contribution is 5.97. The van der Waals surface area contributed by atoms with Gasteiger partial charge in [0.1, 0.15) is 5.54 Å². The van der Waals surface area contributed by atoms with Crippen LogP contribution >= 0.6 is 0 Å². The Bertz CT molecular complexity index is 760. The molecular formula is C20H20N2O2. The van der Waals surface area contributed by atoms with Crippen molar-refractivity contribution in [1.29, 1.82) is 0 Å². The van der Waals surface area contributed by atoms with Gasteiger partial charge in [0, 0.05) is 25.4 Å². The first kappa shape index (κ1) is 14.9. The summed E-state index contributed by atoms with van der Waals surface area (Å²) in [4.78, 5) is 27.2. The van der Waals surface area contributed by atoms with Crippen LogP contribution in [0.3, 0.4) is 0 Å². The van der Waals surface area contributed by atoms with E-state index in [-0.39, 0.29) is 17.7 Å². The van der Waals surface area contributed by atoms with Crippen molar-refractivity contribution in [2.75, 3.05) is 6.54 Å². The zero-order chi connectivity index (χ0) is 16.6. The summed E-state index contributed by atoms with van der Waals surface area (Å²) in [5, 5.41) is 3.00. The molecule has 0 radical (unpaired) electrons. The lowest BCUT2D eigenvalue weighted by molar-refractivity contribution is -0.140. The fourth-order valence-electron chi connectivity index (χ4n) is 4.14. The molecule has 0 aliphatic carbocycles. The largest absolute Gasteiger partial charge is 0.353 e. The molecule has 2 aliphatic heterocycles. The van der Waals surface area contributed by atoms with Gasteiger partial charge >= 0.3 is 0 Å². The summed E-state index contributed by atoms with van der Waals surface area (Å²) in [5.74, 6) is 0.0522. The third kappa shape index (κ3) is 2.21. The summed E-state index contributed by atoms with van der Waals surface area (Å²) in [5.41, 5.74) is 1.41. The molecule has 2 saturated heterocycles. The summed E-state index contributed by atoms with van der Waals surface area (Å²) in [6.45, 7) is 1.07. The molecule has 2 aliphatic rings. The van der Waals surface area contributed by atoms with Gasteiger partial charge in [0.15, 0.2) is 0 Å². The van der Waals surface area contributed by atoms with Crippen molar-refractivity contribution < 1.29 is 9.59 Å². The van der Waals surface area contributed by atoms with E-state index in [9.17, 15) is 9.59 Å². The first-order valence-electron chi connectivity index (χ1n) is 8.39. The molecule has 0 unspecified atom stereocenters. The van der Waals surface area contributed by atoms with E-state index >= 15 is 0 Å². The quantitative estimate of drug-likeness (QED) is 0.944. The van der Waals surface area contributed by atoms with Gasteiger partial charge in [0.05, 0.1) is 0 Å². The standard InChI is InChI=1S/C20H20N2O2/c23-18-11-12-20(22(18)14-15-7-3-1-4-8-15)17(13-21-19(20)24)16-9-5-2-6-10-16/h1-10,17H,11-14H2,(H,21,24)/t17-,20+/m1/s1. The van der Waals surface area contributed by atoms with Crippen molar-refractivity contribution >= 4 is 11.8 Å². The third-order valence-corrected chi connectivity index (χ3v) is 5.32. The van der Waals surface area contributed by atoms with Gasteiger partial charge in [-0.1, -0.05) is 60.7 Å². The topological polar surface area (TPSA) is 49.4 Å². The third-order valence-electron chi connectivity index (χ3n) is 5.32. The number of benzene rings is 2. The molecule has 0 saturated carbocycles. The number of hydrogen-bond donors (Lipinski definition) is 1. The van der Waals surface area contributed by atoms with Crippen molar-refractivity contribution in [3.63, 3.8) is 0 Å². The molecule has 24 heavy (non-hydrogen) atoms. The molecule has 2 aromatic carbocycles. The molecule has 0 aromatic heterocycles. The zero-order valence-corrected chi connectivity index (χ0v) is 13.4. The minimum absolute atomic E-state index is 0.00126. The van der Waals surface area contributed by atoms with Crippen LogP contribution in [0.25, 0.3) is 0 Å². The van der Waals surface area contributed by atoms with Crippen molar-refractivity contribution in [3.05, 3.63) is 71.8 Å². The number of carbonyl (C=O) groups excluding carboxylic acids is 2. The van der Waals surface area contributed by atoms with Crippen LogP contribution in [0.2, 0.25) is 0 Å². The number of nitrogens with one attached hydrogen (secondary N) is 1. The normalized spacial score (nSPS) is 26.2. The Balaban J connectivity index is 1.74. The van der Waals surface area contributed by atoms with Crippen LogP contribution in [0.1, 0.15) is 29.9 Å². The molecule has 2 aromatic rings. The second kappa shape index (κ2) is 5.78. The van der Waals surface area contributed by atoms with Gasteiger partial charge in [0.25, 0.3) is 0 Å². The molecule has 2 amide bonds. The minimum Gasteiger partial charge on any atom is -0.353 e. The lowest BCUT2D eigenvalue weighted by Crippen LogP contribution is -2.53. The summed E-state index contributed by atoms with van der Waals surface area (Å²) in [7, 11) is 0. The zero-order valence-electron chi connectivity index (χ0n) is 13.4. The Kier molecular flexibility index (Phi) is 3.60. The monoisotopic (exact) mass is 320 g/mol. The summed E-state index contributed by atoms with van der Waals surface area (Å²) >= 11 is 0. The summed E-state index contributed by atoms with van der Waals surface area (Å²) in [6, 6.07) is 20.0. The second-order valence-electron chi connectivity index (χ2n) is 6.56. The maximum Gasteiger partial charge on any atom is 0.246 e. The van der Waals surface area contributed by atoms with Gasteiger partial charge in [0.2, 0.25) is 11.8 Å². The fraction of sp³-hybridized carbons (Fsp3) is 0.300. The van der Waals surface area contributed by atoms with Gasteiger partial charge in [-0.2, -0.15) is 0 Å². The maximum atomic E-state index is 12.8. The Morgan fingerprint density at radius 2 is 1.67 bits per heavy atom. The highest BCUT2D eigenvalue weighted by Gasteiger charge is 2.59. The number of nitrogens with zero attached hydrogens (tertiary/aromatic N) is 1. The van der Waals surface area contributed by atoms with Crippen molar-refractivity contribution in [1.82, 2.24) is 10.2 Å². The molecule has 4 nitrogen and oxygen atoms in total. The van der Waals surface area contributed by atoms with E-state index in [2.05, 4.69) is 17.4 Å². The van der Waals surface area contributed by atoms with Gasteiger partial charge in [-0.15, -0.1) is 0 Å². The van der Waals surface area contributed by atoms with Crippen LogP contribution in [-0.4, -0.2) is 28.8 Å². The molecule has 2 atom stereocenters. The van der Waals surface area contributed by atoms with Crippen LogP contribution in [0, 0.1) is 0 Å². The highest BCUT2D eigenvalue weighted by atomic mass is 16.2. The van der Waals surface area contributed by atoms with Gasteiger partial charge < -0.3 is 10.2 Å². The Labute approximate surface area is 141 Å². The van der Waals surface area contributed by atoms with Gasteiger partial charge in [-0.25, -0.2) is 0 Å². The van der Waals surface area contributed by atoms with E-state index in [1.165, 1.54) is 0 Å².